The van der Waals surface area contributed by atoms with Crippen molar-refractivity contribution in [3.05, 3.63) is 45.5 Å². The summed E-state index contributed by atoms with van der Waals surface area (Å²) in [4.78, 5) is 18.3. The number of rotatable bonds is 7. The molecule has 0 saturated heterocycles. The highest BCUT2D eigenvalue weighted by molar-refractivity contribution is 7.15. The quantitative estimate of drug-likeness (QED) is 0.644. The Hall–Kier alpha value is -3.01. The van der Waals surface area contributed by atoms with E-state index < -0.39 is 0 Å². The third kappa shape index (κ3) is 3.81. The summed E-state index contributed by atoms with van der Waals surface area (Å²) in [5.74, 6) is 1.87. The Balaban J connectivity index is 1.40. The van der Waals surface area contributed by atoms with E-state index in [1.165, 1.54) is 11.3 Å². The Morgan fingerprint density at radius 2 is 2.21 bits per heavy atom. The lowest BCUT2D eigenvalue weighted by molar-refractivity contribution is 0.282. The van der Waals surface area contributed by atoms with Crippen LogP contribution in [0.15, 0.2) is 29.2 Å². The topological polar surface area (TPSA) is 106 Å². The number of nitrogens with zero attached hydrogens (tertiary/aromatic N) is 5. The molecule has 1 aliphatic rings. The second-order valence-electron chi connectivity index (χ2n) is 6.62. The number of pyridine rings is 1. The van der Waals surface area contributed by atoms with Gasteiger partial charge in [-0.1, -0.05) is 11.3 Å². The molecule has 146 valence electrons. The van der Waals surface area contributed by atoms with Crippen molar-refractivity contribution >= 4 is 22.2 Å². The number of aromatic nitrogens is 5. The number of aromatic amines is 1. The molecule has 0 aromatic carbocycles. The first-order chi connectivity index (χ1) is 13.5. The largest absolute Gasteiger partial charge is 0.495 e. The van der Waals surface area contributed by atoms with Gasteiger partial charge >= 0.3 is 0 Å². The number of ether oxygens (including phenoxy) is 2. The van der Waals surface area contributed by atoms with Gasteiger partial charge in [-0.2, -0.15) is 0 Å². The average Bonchev–Trinajstić information content (AvgIpc) is 3.37. The lowest BCUT2D eigenvalue weighted by atomic mass is 10.2. The van der Waals surface area contributed by atoms with Gasteiger partial charge in [0.05, 0.1) is 19.9 Å². The van der Waals surface area contributed by atoms with Gasteiger partial charge in [0.1, 0.15) is 16.4 Å². The molecule has 0 spiro atoms. The van der Waals surface area contributed by atoms with Gasteiger partial charge in [0.2, 0.25) is 11.0 Å². The van der Waals surface area contributed by atoms with Gasteiger partial charge in [-0.3, -0.25) is 9.78 Å². The van der Waals surface area contributed by atoms with Crippen LogP contribution in [0.2, 0.25) is 0 Å². The molecule has 0 amide bonds. The molecule has 1 fully saturated rings. The van der Waals surface area contributed by atoms with E-state index in [0.717, 1.165) is 22.9 Å². The summed E-state index contributed by atoms with van der Waals surface area (Å²) in [6.07, 6.45) is 2.74. The first-order valence-electron chi connectivity index (χ1n) is 8.81. The summed E-state index contributed by atoms with van der Waals surface area (Å²) in [6.45, 7) is 2.38. The van der Waals surface area contributed by atoms with E-state index in [-0.39, 0.29) is 5.56 Å². The van der Waals surface area contributed by atoms with Gasteiger partial charge < -0.3 is 14.4 Å². The Kier molecular flexibility index (Phi) is 4.95. The van der Waals surface area contributed by atoms with E-state index in [2.05, 4.69) is 25.4 Å². The summed E-state index contributed by atoms with van der Waals surface area (Å²) in [5.41, 5.74) is 1.13. The van der Waals surface area contributed by atoms with Crippen molar-refractivity contribution in [1.82, 2.24) is 25.4 Å². The summed E-state index contributed by atoms with van der Waals surface area (Å²) in [7, 11) is 3.39. The third-order valence-electron chi connectivity index (χ3n) is 4.67. The van der Waals surface area contributed by atoms with Crippen molar-refractivity contribution in [3.63, 3.8) is 0 Å². The predicted molar refractivity (Wildman–Crippen MR) is 105 cm³/mol. The molecular formula is C18H20N6O3S. The van der Waals surface area contributed by atoms with E-state index >= 15 is 0 Å². The minimum atomic E-state index is -0.311. The van der Waals surface area contributed by atoms with Gasteiger partial charge in [0.25, 0.3) is 5.56 Å². The maximum atomic E-state index is 12.2. The SMILES string of the molecule is COc1ccc([C@H]2C[C@@H]2COc2cc(N(C)c3nnc(C)s3)c(=O)[nH]n2)nc1. The van der Waals surface area contributed by atoms with Crippen LogP contribution < -0.4 is 19.9 Å². The molecule has 1 aliphatic carbocycles. The van der Waals surface area contributed by atoms with Crippen LogP contribution in [0.25, 0.3) is 0 Å². The molecule has 0 bridgehead atoms. The van der Waals surface area contributed by atoms with Crippen molar-refractivity contribution < 1.29 is 9.47 Å². The second-order valence-corrected chi connectivity index (χ2v) is 7.78. The van der Waals surface area contributed by atoms with Gasteiger partial charge in [-0.25, -0.2) is 5.10 Å². The van der Waals surface area contributed by atoms with E-state index in [0.29, 0.717) is 35.1 Å². The van der Waals surface area contributed by atoms with Crippen LogP contribution in [-0.4, -0.2) is 46.1 Å². The molecular weight excluding hydrogens is 380 g/mol. The van der Waals surface area contributed by atoms with E-state index in [1.54, 1.807) is 31.3 Å². The van der Waals surface area contributed by atoms with Crippen LogP contribution >= 0.6 is 11.3 Å². The first kappa shape index (κ1) is 18.4. The van der Waals surface area contributed by atoms with Gasteiger partial charge in [-0.15, -0.1) is 15.3 Å². The molecule has 3 heterocycles. The van der Waals surface area contributed by atoms with Gasteiger partial charge in [0, 0.05) is 30.6 Å². The number of anilines is 2. The minimum absolute atomic E-state index is 0.311. The Morgan fingerprint density at radius 3 is 2.89 bits per heavy atom. The third-order valence-corrected chi connectivity index (χ3v) is 5.58. The molecule has 10 heteroatoms. The maximum absolute atomic E-state index is 12.2. The van der Waals surface area contributed by atoms with Crippen LogP contribution in [0.1, 0.15) is 23.0 Å². The Labute approximate surface area is 165 Å². The molecule has 2 atom stereocenters. The van der Waals surface area contributed by atoms with E-state index in [4.69, 9.17) is 9.47 Å². The van der Waals surface area contributed by atoms with E-state index in [9.17, 15) is 4.79 Å². The molecule has 28 heavy (non-hydrogen) atoms. The highest BCUT2D eigenvalue weighted by Gasteiger charge is 2.40. The number of hydrogen-bond donors (Lipinski definition) is 1. The molecule has 9 nitrogen and oxygen atoms in total. The van der Waals surface area contributed by atoms with Crippen molar-refractivity contribution in [2.45, 2.75) is 19.3 Å². The molecule has 3 aromatic rings. The average molecular weight is 400 g/mol. The van der Waals surface area contributed by atoms with Crippen molar-refractivity contribution in [2.75, 3.05) is 25.7 Å². The van der Waals surface area contributed by atoms with Crippen LogP contribution in [0.3, 0.4) is 0 Å². The number of aryl methyl sites for hydroxylation is 1. The predicted octanol–water partition coefficient (Wildman–Crippen LogP) is 2.28. The molecule has 1 saturated carbocycles. The summed E-state index contributed by atoms with van der Waals surface area (Å²) in [5, 5.41) is 16.0. The molecule has 0 radical (unpaired) electrons. The van der Waals surface area contributed by atoms with Crippen molar-refractivity contribution in [3.8, 4) is 11.6 Å². The maximum Gasteiger partial charge on any atom is 0.288 e. The molecule has 0 unspecified atom stereocenters. The number of H-pyrrole nitrogens is 1. The second kappa shape index (κ2) is 7.55. The van der Waals surface area contributed by atoms with Gasteiger partial charge in [-0.05, 0) is 25.5 Å². The standard InChI is InChI=1S/C18H20N6O3S/c1-10-20-23-18(28-10)24(2)15-7-16(21-22-17(15)25)27-9-11-6-13(11)14-5-4-12(26-3)8-19-14/h4-5,7-8,11,13H,6,9H2,1-3H3,(H,22,25)/t11-,13+/m1/s1. The van der Waals surface area contributed by atoms with Crippen LogP contribution in [-0.2, 0) is 0 Å². The zero-order valence-corrected chi connectivity index (χ0v) is 16.6. The fourth-order valence-electron chi connectivity index (χ4n) is 2.94. The zero-order chi connectivity index (χ0) is 19.7. The normalized spacial score (nSPS) is 18.0. The van der Waals surface area contributed by atoms with Gasteiger partial charge in [0.15, 0.2) is 0 Å². The summed E-state index contributed by atoms with van der Waals surface area (Å²) in [6, 6.07) is 5.52. The van der Waals surface area contributed by atoms with E-state index in [1.807, 2.05) is 19.1 Å². The van der Waals surface area contributed by atoms with Crippen LogP contribution in [0.5, 0.6) is 11.6 Å². The molecule has 0 aliphatic heterocycles. The summed E-state index contributed by atoms with van der Waals surface area (Å²) < 4.78 is 11.0. The number of methoxy groups -OCH3 is 1. The Morgan fingerprint density at radius 1 is 1.36 bits per heavy atom. The van der Waals surface area contributed by atoms with Crippen molar-refractivity contribution in [1.29, 1.82) is 0 Å². The fourth-order valence-corrected chi connectivity index (χ4v) is 3.61. The molecule has 3 aromatic heterocycles. The number of hydrogen-bond acceptors (Lipinski definition) is 9. The smallest absolute Gasteiger partial charge is 0.288 e. The van der Waals surface area contributed by atoms with Crippen molar-refractivity contribution in [2.24, 2.45) is 5.92 Å². The monoisotopic (exact) mass is 400 g/mol. The highest BCUT2D eigenvalue weighted by atomic mass is 32.1. The lowest BCUT2D eigenvalue weighted by Gasteiger charge is -2.14. The fraction of sp³-hybridized carbons (Fsp3) is 0.389. The van der Waals surface area contributed by atoms with Crippen LogP contribution in [0, 0.1) is 12.8 Å². The minimum Gasteiger partial charge on any atom is -0.495 e. The zero-order valence-electron chi connectivity index (χ0n) is 15.7. The molecule has 1 N–H and O–H groups in total. The summed E-state index contributed by atoms with van der Waals surface area (Å²) >= 11 is 1.41. The Bertz CT molecular complexity index is 1020. The highest BCUT2D eigenvalue weighted by Crippen LogP contribution is 2.46. The number of nitrogens with one attached hydrogen (secondary N) is 1. The van der Waals surface area contributed by atoms with Crippen LogP contribution in [0.4, 0.5) is 10.8 Å². The lowest BCUT2D eigenvalue weighted by Crippen LogP contribution is -2.21. The molecule has 4 rings (SSSR count). The first-order valence-corrected chi connectivity index (χ1v) is 9.63.